The van der Waals surface area contributed by atoms with E-state index in [1.165, 1.54) is 12.2 Å². The SMILES string of the molecule is C[C@@H]1C[C@H]2[C@@H]3CCC4=CC(=O)C=C[C@]4(C)C3(F)[C@@H](O)C[C@]2(C)[C]1C(=O)SCF. The smallest absolute Gasteiger partial charge is 0.199 e. The van der Waals surface area contributed by atoms with E-state index in [1.807, 2.05) is 13.8 Å². The Hall–Kier alpha value is -1.01. The third-order valence-electron chi connectivity index (χ3n) is 8.15. The lowest BCUT2D eigenvalue weighted by Crippen LogP contribution is -2.66. The maximum atomic E-state index is 16.9. The molecule has 153 valence electrons. The number of hydrogen-bond donors (Lipinski definition) is 1. The molecule has 0 heterocycles. The zero-order chi connectivity index (χ0) is 20.5. The molecule has 4 rings (SSSR count). The van der Waals surface area contributed by atoms with Gasteiger partial charge in [0.2, 0.25) is 0 Å². The molecule has 4 aliphatic carbocycles. The van der Waals surface area contributed by atoms with Crippen molar-refractivity contribution >= 4 is 22.7 Å². The average Bonchev–Trinajstić information content (AvgIpc) is 2.87. The van der Waals surface area contributed by atoms with Gasteiger partial charge < -0.3 is 5.11 Å². The van der Waals surface area contributed by atoms with Crippen molar-refractivity contribution in [3.8, 4) is 0 Å². The number of ketones is 1. The fraction of sp³-hybridized carbons (Fsp3) is 0.682. The predicted octanol–water partition coefficient (Wildman–Crippen LogP) is 4.36. The van der Waals surface area contributed by atoms with Crippen LogP contribution >= 0.6 is 11.8 Å². The van der Waals surface area contributed by atoms with Gasteiger partial charge in [-0.3, -0.25) is 9.59 Å². The van der Waals surface area contributed by atoms with E-state index in [1.54, 1.807) is 13.0 Å². The van der Waals surface area contributed by atoms with Gasteiger partial charge in [-0.25, -0.2) is 8.78 Å². The number of alkyl halides is 2. The van der Waals surface area contributed by atoms with Gasteiger partial charge in [-0.05, 0) is 62.0 Å². The largest absolute Gasteiger partial charge is 0.390 e. The Morgan fingerprint density at radius 1 is 1.36 bits per heavy atom. The Kier molecular flexibility index (Phi) is 4.70. The van der Waals surface area contributed by atoms with Crippen LogP contribution in [0, 0.1) is 34.5 Å². The first kappa shape index (κ1) is 20.3. The standard InChI is InChI=1S/C22H27F2O3S/c1-12-8-16-15-5-4-13-9-14(25)6-7-21(13,3)22(15,24)17(26)10-20(16,2)18(12)19(27)28-11-23/h6-7,9,12,15-17,26H,4-5,8,10-11H2,1-3H3/t12-,15+,16+,17+,20+,21+,22?/m1/s1. The molecular weight excluding hydrogens is 382 g/mol. The zero-order valence-corrected chi connectivity index (χ0v) is 17.3. The molecule has 0 aromatic heterocycles. The summed E-state index contributed by atoms with van der Waals surface area (Å²) in [5.74, 6) is -0.0288. The molecular formula is C22H27F2O3S. The van der Waals surface area contributed by atoms with E-state index >= 15 is 4.39 Å². The fourth-order valence-corrected chi connectivity index (χ4v) is 7.62. The highest BCUT2D eigenvalue weighted by molar-refractivity contribution is 8.13. The monoisotopic (exact) mass is 409 g/mol. The number of carbonyl (C=O) groups is 2. The molecule has 1 N–H and O–H groups in total. The Morgan fingerprint density at radius 2 is 2.07 bits per heavy atom. The van der Waals surface area contributed by atoms with Crippen molar-refractivity contribution < 1.29 is 23.5 Å². The second-order valence-corrected chi connectivity index (χ2v) is 10.2. The van der Waals surface area contributed by atoms with E-state index in [-0.39, 0.29) is 29.2 Å². The van der Waals surface area contributed by atoms with Crippen molar-refractivity contribution in [2.45, 2.75) is 58.2 Å². The van der Waals surface area contributed by atoms with Gasteiger partial charge in [0.1, 0.15) is 6.01 Å². The molecule has 0 bridgehead atoms. The number of fused-ring (bicyclic) bond motifs is 5. The summed E-state index contributed by atoms with van der Waals surface area (Å²) in [6.45, 7) is 5.69. The van der Waals surface area contributed by atoms with Gasteiger partial charge in [0.05, 0.1) is 12.0 Å². The van der Waals surface area contributed by atoms with E-state index in [2.05, 4.69) is 0 Å². The molecule has 3 saturated carbocycles. The van der Waals surface area contributed by atoms with Crippen LogP contribution in [0.2, 0.25) is 0 Å². The normalized spacial score (nSPS) is 47.9. The predicted molar refractivity (Wildman–Crippen MR) is 105 cm³/mol. The molecule has 0 saturated heterocycles. The minimum Gasteiger partial charge on any atom is -0.390 e. The minimum absolute atomic E-state index is 0.0516. The summed E-state index contributed by atoms with van der Waals surface area (Å²) >= 11 is 0.658. The molecule has 3 fully saturated rings. The lowest BCUT2D eigenvalue weighted by molar-refractivity contribution is -0.186. The second-order valence-electron chi connectivity index (χ2n) is 9.36. The number of hydrogen-bond acceptors (Lipinski definition) is 4. The van der Waals surface area contributed by atoms with Gasteiger partial charge in [-0.15, -0.1) is 0 Å². The highest BCUT2D eigenvalue weighted by Gasteiger charge is 2.71. The van der Waals surface area contributed by atoms with Crippen LogP contribution < -0.4 is 0 Å². The molecule has 4 aliphatic rings. The first-order valence-corrected chi connectivity index (χ1v) is 11.0. The topological polar surface area (TPSA) is 54.4 Å². The summed E-state index contributed by atoms with van der Waals surface area (Å²) in [6.07, 6.45) is 5.28. The van der Waals surface area contributed by atoms with Crippen molar-refractivity contribution in [2.24, 2.45) is 28.6 Å². The van der Waals surface area contributed by atoms with E-state index < -0.39 is 34.5 Å². The molecule has 1 unspecified atom stereocenters. The Morgan fingerprint density at radius 3 is 2.75 bits per heavy atom. The van der Waals surface area contributed by atoms with Crippen LogP contribution in [0.3, 0.4) is 0 Å². The first-order chi connectivity index (χ1) is 13.1. The molecule has 0 spiro atoms. The van der Waals surface area contributed by atoms with Gasteiger partial charge in [0.25, 0.3) is 0 Å². The summed E-state index contributed by atoms with van der Waals surface area (Å²) in [7, 11) is 0. The lowest BCUT2D eigenvalue weighted by atomic mass is 9.45. The summed E-state index contributed by atoms with van der Waals surface area (Å²) in [5, 5.41) is 10.9. The van der Waals surface area contributed by atoms with Crippen molar-refractivity contribution in [1.29, 1.82) is 0 Å². The second kappa shape index (κ2) is 6.49. The van der Waals surface area contributed by atoms with E-state index in [4.69, 9.17) is 0 Å². The van der Waals surface area contributed by atoms with Crippen LogP contribution in [0.1, 0.15) is 46.5 Å². The zero-order valence-electron chi connectivity index (χ0n) is 16.5. The minimum atomic E-state index is -1.89. The molecule has 3 nitrogen and oxygen atoms in total. The number of aliphatic hydroxyl groups is 1. The van der Waals surface area contributed by atoms with Crippen LogP contribution in [0.25, 0.3) is 0 Å². The van der Waals surface area contributed by atoms with Crippen molar-refractivity contribution in [1.82, 2.24) is 0 Å². The number of halogens is 2. The summed E-state index contributed by atoms with van der Waals surface area (Å²) in [6, 6.07) is -0.778. The Balaban J connectivity index is 1.77. The quantitative estimate of drug-likeness (QED) is 0.736. The van der Waals surface area contributed by atoms with Gasteiger partial charge >= 0.3 is 0 Å². The molecule has 6 heteroatoms. The van der Waals surface area contributed by atoms with Crippen molar-refractivity contribution in [3.63, 3.8) is 0 Å². The molecule has 28 heavy (non-hydrogen) atoms. The number of carbonyl (C=O) groups excluding carboxylic acids is 2. The number of thioether (sulfide) groups is 1. The highest BCUT2D eigenvalue weighted by Crippen LogP contribution is 2.70. The van der Waals surface area contributed by atoms with E-state index in [0.717, 1.165) is 5.57 Å². The Labute approximate surface area is 169 Å². The van der Waals surface area contributed by atoms with Crippen LogP contribution in [0.5, 0.6) is 0 Å². The molecule has 0 aromatic carbocycles. The van der Waals surface area contributed by atoms with Crippen molar-refractivity contribution in [2.75, 3.05) is 6.01 Å². The van der Waals surface area contributed by atoms with E-state index in [0.29, 0.717) is 36.9 Å². The lowest BCUT2D eigenvalue weighted by Gasteiger charge is -2.61. The van der Waals surface area contributed by atoms with Crippen LogP contribution in [-0.2, 0) is 9.59 Å². The first-order valence-electron chi connectivity index (χ1n) is 10.0. The summed E-state index contributed by atoms with van der Waals surface area (Å²) in [4.78, 5) is 24.5. The van der Waals surface area contributed by atoms with E-state index in [9.17, 15) is 19.1 Å². The molecule has 0 aromatic rings. The van der Waals surface area contributed by atoms with Crippen LogP contribution in [-0.4, -0.2) is 33.8 Å². The van der Waals surface area contributed by atoms with Crippen molar-refractivity contribution in [3.05, 3.63) is 29.7 Å². The van der Waals surface area contributed by atoms with Gasteiger partial charge in [-0.2, -0.15) is 0 Å². The van der Waals surface area contributed by atoms with Gasteiger partial charge in [0, 0.05) is 11.3 Å². The summed E-state index contributed by atoms with van der Waals surface area (Å²) in [5.41, 5.74) is -2.77. The van der Waals surface area contributed by atoms with Crippen LogP contribution in [0.4, 0.5) is 8.78 Å². The summed E-state index contributed by atoms with van der Waals surface area (Å²) < 4.78 is 29.7. The Bertz CT molecular complexity index is 780. The number of rotatable bonds is 2. The maximum Gasteiger partial charge on any atom is 0.199 e. The molecule has 1 radical (unpaired) electrons. The van der Waals surface area contributed by atoms with Crippen LogP contribution in [0.15, 0.2) is 23.8 Å². The number of allylic oxidation sites excluding steroid dienone is 4. The van der Waals surface area contributed by atoms with Gasteiger partial charge in [0.15, 0.2) is 16.6 Å². The third kappa shape index (κ3) is 2.43. The molecule has 0 aliphatic heterocycles. The fourth-order valence-electron chi connectivity index (χ4n) is 6.93. The molecule has 7 atom stereocenters. The number of aliphatic hydroxyl groups excluding tert-OH is 1. The average molecular weight is 410 g/mol. The van der Waals surface area contributed by atoms with Gasteiger partial charge in [-0.1, -0.05) is 37.3 Å². The highest BCUT2D eigenvalue weighted by atomic mass is 32.2. The molecule has 0 amide bonds. The maximum absolute atomic E-state index is 16.9. The third-order valence-corrected chi connectivity index (χ3v) is 8.74.